The Morgan fingerprint density at radius 3 is 2.92 bits per heavy atom. The predicted octanol–water partition coefficient (Wildman–Crippen LogP) is 2.47. The van der Waals surface area contributed by atoms with Crippen molar-refractivity contribution >= 4 is 11.7 Å². The molecule has 132 valence electrons. The van der Waals surface area contributed by atoms with Crippen molar-refractivity contribution in [1.29, 1.82) is 0 Å². The van der Waals surface area contributed by atoms with E-state index >= 15 is 0 Å². The van der Waals surface area contributed by atoms with E-state index in [9.17, 15) is 4.79 Å². The number of hydrogen-bond acceptors (Lipinski definition) is 6. The van der Waals surface area contributed by atoms with Crippen molar-refractivity contribution in [2.75, 3.05) is 12.8 Å². The van der Waals surface area contributed by atoms with Gasteiger partial charge < -0.3 is 15.0 Å². The molecule has 26 heavy (non-hydrogen) atoms. The maximum Gasteiger partial charge on any atom is 0.220 e. The fourth-order valence-electron chi connectivity index (χ4n) is 3.58. The average molecular weight is 349 g/mol. The second kappa shape index (κ2) is 6.25. The number of aryl methyl sites for hydroxylation is 1. The van der Waals surface area contributed by atoms with E-state index in [1.54, 1.807) is 20.2 Å². The van der Waals surface area contributed by atoms with Crippen LogP contribution in [0.4, 0.5) is 5.95 Å². The third kappa shape index (κ3) is 2.71. The summed E-state index contributed by atoms with van der Waals surface area (Å²) in [5.41, 5.74) is 8.67. The summed E-state index contributed by atoms with van der Waals surface area (Å²) in [6, 6.07) is 7.74. The monoisotopic (exact) mass is 349 g/mol. The number of rotatable bonds is 3. The summed E-state index contributed by atoms with van der Waals surface area (Å²) in [6.07, 6.45) is 4.62. The van der Waals surface area contributed by atoms with Gasteiger partial charge in [-0.1, -0.05) is 6.07 Å². The van der Waals surface area contributed by atoms with Crippen molar-refractivity contribution < 1.29 is 9.53 Å². The van der Waals surface area contributed by atoms with Crippen molar-refractivity contribution in [2.24, 2.45) is 0 Å². The molecule has 7 heteroatoms. The lowest BCUT2D eigenvalue weighted by molar-refractivity contribution is 0.0960. The van der Waals surface area contributed by atoms with Gasteiger partial charge in [0.05, 0.1) is 29.7 Å². The molecule has 4 rings (SSSR count). The Labute approximate surface area is 150 Å². The number of Topliss-reactive ketones (excluding diaryl/α,β-unsaturated/α-hetero) is 1. The highest BCUT2D eigenvalue weighted by atomic mass is 16.5. The van der Waals surface area contributed by atoms with Crippen LogP contribution in [0.15, 0.2) is 36.7 Å². The van der Waals surface area contributed by atoms with Crippen molar-refractivity contribution in [3.05, 3.63) is 59.4 Å². The van der Waals surface area contributed by atoms with Gasteiger partial charge in [-0.2, -0.15) is 0 Å². The zero-order chi connectivity index (χ0) is 18.3. The zero-order valence-electron chi connectivity index (χ0n) is 14.6. The van der Waals surface area contributed by atoms with Crippen molar-refractivity contribution in [1.82, 2.24) is 19.5 Å². The van der Waals surface area contributed by atoms with Crippen LogP contribution < -0.4 is 10.5 Å². The van der Waals surface area contributed by atoms with E-state index in [2.05, 4.69) is 15.0 Å². The molecular weight excluding hydrogens is 330 g/mol. The number of aromatic nitrogens is 4. The van der Waals surface area contributed by atoms with Crippen molar-refractivity contribution in [2.45, 2.75) is 25.7 Å². The molecule has 2 aromatic heterocycles. The number of imidazole rings is 1. The van der Waals surface area contributed by atoms with E-state index in [0.29, 0.717) is 29.8 Å². The summed E-state index contributed by atoms with van der Waals surface area (Å²) >= 11 is 0. The van der Waals surface area contributed by atoms with E-state index in [0.717, 1.165) is 17.3 Å². The molecule has 0 amide bonds. The van der Waals surface area contributed by atoms with Gasteiger partial charge in [0, 0.05) is 37.2 Å². The van der Waals surface area contributed by atoms with Gasteiger partial charge in [0.1, 0.15) is 11.6 Å². The smallest absolute Gasteiger partial charge is 0.220 e. The van der Waals surface area contributed by atoms with E-state index in [1.165, 1.54) is 0 Å². The molecule has 0 saturated carbocycles. The summed E-state index contributed by atoms with van der Waals surface area (Å²) in [5, 5.41) is 0. The van der Waals surface area contributed by atoms with Crippen LogP contribution in [0.2, 0.25) is 0 Å². The number of hydrogen-bond donors (Lipinski definition) is 1. The zero-order valence-corrected chi connectivity index (χ0v) is 14.6. The normalized spacial score (nSPS) is 16.4. The maximum atomic E-state index is 12.7. The number of methoxy groups -OCH3 is 1. The molecule has 3 aromatic rings. The third-order valence-electron chi connectivity index (χ3n) is 4.70. The number of nitrogens with zero attached hydrogens (tertiary/aromatic N) is 4. The Bertz CT molecular complexity index is 995. The number of carbonyl (C=O) groups excluding carboxylic acids is 1. The second-order valence-electron chi connectivity index (χ2n) is 6.37. The number of ether oxygens (including phenoxy) is 1. The second-order valence-corrected chi connectivity index (χ2v) is 6.37. The number of ketones is 1. The van der Waals surface area contributed by atoms with Gasteiger partial charge in [0.2, 0.25) is 5.95 Å². The number of benzene rings is 1. The lowest BCUT2D eigenvalue weighted by Crippen LogP contribution is -2.24. The molecule has 1 aliphatic rings. The summed E-state index contributed by atoms with van der Waals surface area (Å²) in [7, 11) is 1.64. The highest BCUT2D eigenvalue weighted by Gasteiger charge is 2.32. The minimum Gasteiger partial charge on any atom is -0.497 e. The third-order valence-corrected chi connectivity index (χ3v) is 4.70. The molecule has 2 heterocycles. The molecule has 1 aromatic carbocycles. The average Bonchev–Trinajstić information content (AvgIpc) is 3.10. The van der Waals surface area contributed by atoms with Crippen LogP contribution in [0.5, 0.6) is 5.75 Å². The molecule has 1 aliphatic carbocycles. The van der Waals surface area contributed by atoms with Gasteiger partial charge in [0.15, 0.2) is 5.78 Å². The fraction of sp³-hybridized carbons (Fsp3) is 0.263. The number of nitrogen functional groups attached to an aromatic ring is 1. The molecule has 7 nitrogen and oxygen atoms in total. The van der Waals surface area contributed by atoms with Gasteiger partial charge in [-0.05, 0) is 19.1 Å². The molecule has 1 atom stereocenters. The standard InChI is InChI=1S/C19H19N5O2/c1-11-17-15(23-19(20)22-11)8-12(9-16(17)25)18-21-6-7-24(18)13-4-3-5-14(10-13)26-2/h3-7,10,12H,8-9H2,1-2H3,(H2,20,22,23). The maximum absolute atomic E-state index is 12.7. The summed E-state index contributed by atoms with van der Waals surface area (Å²) in [6.45, 7) is 1.80. The van der Waals surface area contributed by atoms with E-state index < -0.39 is 0 Å². The van der Waals surface area contributed by atoms with Crippen LogP contribution in [-0.2, 0) is 6.42 Å². The van der Waals surface area contributed by atoms with Crippen LogP contribution in [0.25, 0.3) is 5.69 Å². The lowest BCUT2D eigenvalue weighted by Gasteiger charge is -2.24. The number of nitrogens with two attached hydrogens (primary N) is 1. The lowest BCUT2D eigenvalue weighted by atomic mass is 9.84. The molecular formula is C19H19N5O2. The Kier molecular flexibility index (Phi) is 3.91. The van der Waals surface area contributed by atoms with E-state index in [-0.39, 0.29) is 17.6 Å². The van der Waals surface area contributed by atoms with Gasteiger partial charge in [-0.15, -0.1) is 0 Å². The highest BCUT2D eigenvalue weighted by molar-refractivity contribution is 5.99. The number of anilines is 1. The highest BCUT2D eigenvalue weighted by Crippen LogP contribution is 2.33. The van der Waals surface area contributed by atoms with Gasteiger partial charge >= 0.3 is 0 Å². The van der Waals surface area contributed by atoms with Crippen LogP contribution in [0.1, 0.15) is 39.9 Å². The Morgan fingerprint density at radius 1 is 1.27 bits per heavy atom. The first-order chi connectivity index (χ1) is 12.6. The quantitative estimate of drug-likeness (QED) is 0.780. The summed E-state index contributed by atoms with van der Waals surface area (Å²) < 4.78 is 7.30. The Balaban J connectivity index is 1.74. The van der Waals surface area contributed by atoms with Crippen LogP contribution >= 0.6 is 0 Å². The minimum atomic E-state index is -0.0649. The molecule has 0 aliphatic heterocycles. The van der Waals surface area contributed by atoms with Gasteiger partial charge in [-0.3, -0.25) is 4.79 Å². The summed E-state index contributed by atoms with van der Waals surface area (Å²) in [4.78, 5) is 25.6. The Morgan fingerprint density at radius 2 is 2.12 bits per heavy atom. The molecule has 0 spiro atoms. The first kappa shape index (κ1) is 16.3. The predicted molar refractivity (Wildman–Crippen MR) is 96.7 cm³/mol. The molecule has 0 bridgehead atoms. The fourth-order valence-corrected chi connectivity index (χ4v) is 3.58. The molecule has 0 fully saturated rings. The van der Waals surface area contributed by atoms with Crippen molar-refractivity contribution in [3.63, 3.8) is 0 Å². The van der Waals surface area contributed by atoms with E-state index in [1.807, 2.05) is 35.0 Å². The molecule has 0 saturated heterocycles. The first-order valence-corrected chi connectivity index (χ1v) is 8.40. The number of carbonyl (C=O) groups is 1. The van der Waals surface area contributed by atoms with Gasteiger partial charge in [0.25, 0.3) is 0 Å². The van der Waals surface area contributed by atoms with Crippen LogP contribution in [0.3, 0.4) is 0 Å². The van der Waals surface area contributed by atoms with Crippen molar-refractivity contribution in [3.8, 4) is 11.4 Å². The Hall–Kier alpha value is -3.22. The molecule has 2 N–H and O–H groups in total. The topological polar surface area (TPSA) is 95.9 Å². The van der Waals surface area contributed by atoms with Gasteiger partial charge in [-0.25, -0.2) is 15.0 Å². The summed E-state index contributed by atoms with van der Waals surface area (Å²) in [5.74, 6) is 1.76. The van der Waals surface area contributed by atoms with E-state index in [4.69, 9.17) is 10.5 Å². The first-order valence-electron chi connectivity index (χ1n) is 8.40. The molecule has 1 unspecified atom stereocenters. The largest absolute Gasteiger partial charge is 0.497 e. The SMILES string of the molecule is COc1cccc(-n2ccnc2C2CC(=O)c3c(C)nc(N)nc3C2)c1. The number of fused-ring (bicyclic) bond motifs is 1. The van der Waals surface area contributed by atoms with Crippen LogP contribution in [-0.4, -0.2) is 32.4 Å². The van der Waals surface area contributed by atoms with Crippen LogP contribution in [0, 0.1) is 6.92 Å². The minimum absolute atomic E-state index is 0.0361. The molecule has 0 radical (unpaired) electrons.